The van der Waals surface area contributed by atoms with Crippen LogP contribution in [0.5, 0.6) is 23.0 Å². The second kappa shape index (κ2) is 26.8. The molecule has 2 aliphatic rings. The van der Waals surface area contributed by atoms with Gasteiger partial charge in [0.2, 0.25) is 0 Å². The monoisotopic (exact) mass is 1110 g/mol. The van der Waals surface area contributed by atoms with Crippen molar-refractivity contribution in [3.05, 3.63) is 108 Å². The largest absolute Gasteiger partial charge is 2.00 e. The smallest absolute Gasteiger partial charge is 0.491 e. The standard InChI is InChI=1S/C57H57N8O12.Zn/c1-4-17-74-34-35-5-13-41-45(30-35)53-59-49(41)61-54-46-31-38(75-28-26-72-24-22-70-20-18-68-2)10-14-42(46)50(62-54)58-51-44-16-12-40(77-37-8-6-36(7-9-37)57(66)67)33-48(44)56(63-51)65-55-47-32-39(11-15-43(47)52(60-53)64-55)76-29-27-73-25-23-71-21-19-69-3;/h5-16,30-33H,4,17-29,34H2,1-3H3,(H2-,58,59,60,61,62,63,64,65,66,67);/q-1;+2/p-1. The van der Waals surface area contributed by atoms with Crippen molar-refractivity contribution in [3.63, 3.8) is 0 Å². The Labute approximate surface area is 461 Å². The molecule has 20 nitrogen and oxygen atoms in total. The third kappa shape index (κ3) is 13.3. The van der Waals surface area contributed by atoms with Crippen molar-refractivity contribution < 1.29 is 76.7 Å². The topological polar surface area (TPSA) is 235 Å². The quantitative estimate of drug-likeness (QED) is 0.0374. The maximum absolute atomic E-state index is 11.6. The Hall–Kier alpha value is -7.33. The van der Waals surface area contributed by atoms with Crippen LogP contribution in [0.1, 0.15) is 29.3 Å². The van der Waals surface area contributed by atoms with Crippen LogP contribution in [-0.2, 0) is 59.2 Å². The molecule has 0 unspecified atom stereocenters. The van der Waals surface area contributed by atoms with Crippen LogP contribution in [0.15, 0.2) is 97.1 Å². The molecular weight excluding hydrogens is 1050 g/mol. The molecule has 1 N–H and O–H groups in total. The Morgan fingerprint density at radius 1 is 0.436 bits per heavy atom. The number of carboxylic acids is 1. The number of ether oxygens (including phenoxy) is 10. The van der Waals surface area contributed by atoms with Gasteiger partial charge >= 0.3 is 25.4 Å². The molecule has 0 aliphatic carbocycles. The van der Waals surface area contributed by atoms with Crippen molar-refractivity contribution in [2.45, 2.75) is 20.0 Å². The zero-order valence-electron chi connectivity index (χ0n) is 43.6. The summed E-state index contributed by atoms with van der Waals surface area (Å²) in [5.41, 5.74) is 5.22. The molecular formula is C57H56N8O12Zn. The third-order valence-corrected chi connectivity index (χ3v) is 12.2. The van der Waals surface area contributed by atoms with E-state index in [0.717, 1.165) is 22.8 Å². The number of hydrogen-bond donors (Lipinski definition) is 1. The molecule has 10 rings (SSSR count). The van der Waals surface area contributed by atoms with E-state index in [1.54, 1.807) is 32.4 Å². The summed E-state index contributed by atoms with van der Waals surface area (Å²) < 4.78 is 57.2. The summed E-state index contributed by atoms with van der Waals surface area (Å²) in [6, 6.07) is 28.9. The summed E-state index contributed by atoms with van der Waals surface area (Å²) in [6.45, 7) is 8.11. The molecule has 8 bridgehead atoms. The van der Waals surface area contributed by atoms with Gasteiger partial charge in [-0.2, -0.15) is 0 Å². The zero-order valence-corrected chi connectivity index (χ0v) is 46.5. The minimum absolute atomic E-state index is 0. The molecule has 0 saturated heterocycles. The van der Waals surface area contributed by atoms with E-state index >= 15 is 0 Å². The van der Waals surface area contributed by atoms with Crippen LogP contribution >= 0.6 is 0 Å². The number of aromatic carboxylic acids is 1. The van der Waals surface area contributed by atoms with E-state index in [0.29, 0.717) is 188 Å². The number of hydrogen-bond acceptors (Lipinski definition) is 17. The molecule has 0 spiro atoms. The van der Waals surface area contributed by atoms with Crippen molar-refractivity contribution in [3.8, 4) is 68.5 Å². The average Bonchev–Trinajstić information content (AvgIpc) is 4.39. The number of aromatic nitrogens is 8. The van der Waals surface area contributed by atoms with E-state index in [-0.39, 0.29) is 31.6 Å². The van der Waals surface area contributed by atoms with E-state index in [2.05, 4.69) is 6.92 Å². The molecule has 0 fully saturated rings. The van der Waals surface area contributed by atoms with Gasteiger partial charge in [0, 0.05) is 65.7 Å². The third-order valence-electron chi connectivity index (χ3n) is 12.2. The number of carboxylic acid groups (broad SMARTS) is 1. The van der Waals surface area contributed by atoms with E-state index in [1.807, 2.05) is 66.7 Å². The van der Waals surface area contributed by atoms with E-state index in [4.69, 9.17) is 87.2 Å². The van der Waals surface area contributed by atoms with Gasteiger partial charge in [-0.3, -0.25) is 0 Å². The second-order valence-electron chi connectivity index (χ2n) is 17.6. The van der Waals surface area contributed by atoms with Crippen molar-refractivity contribution >= 4 is 50.1 Å². The first kappa shape index (κ1) is 55.4. The number of benzene rings is 5. The van der Waals surface area contributed by atoms with Crippen molar-refractivity contribution in [1.29, 1.82) is 0 Å². The summed E-state index contributed by atoms with van der Waals surface area (Å²) in [5.74, 6) is 2.41. The zero-order chi connectivity index (χ0) is 52.9. The molecule has 0 atom stereocenters. The minimum atomic E-state index is -1.04. The number of fused-ring (bicyclic) bond motifs is 20. The minimum Gasteiger partial charge on any atom is -0.491 e. The van der Waals surface area contributed by atoms with Gasteiger partial charge in [-0.05, 0) is 118 Å². The van der Waals surface area contributed by atoms with Gasteiger partial charge in [0.1, 0.15) is 36.2 Å². The van der Waals surface area contributed by atoms with Crippen LogP contribution in [0.4, 0.5) is 0 Å². The first-order chi connectivity index (χ1) is 37.8. The molecule has 0 amide bonds. The van der Waals surface area contributed by atoms with Crippen molar-refractivity contribution in [2.24, 2.45) is 0 Å². The van der Waals surface area contributed by atoms with Gasteiger partial charge in [-0.1, -0.05) is 19.1 Å². The fourth-order valence-corrected chi connectivity index (χ4v) is 8.48. The Morgan fingerprint density at radius 3 is 1.37 bits per heavy atom. The molecule has 78 heavy (non-hydrogen) atoms. The average molecular weight is 1110 g/mol. The molecule has 5 heterocycles. The van der Waals surface area contributed by atoms with Crippen LogP contribution in [0.3, 0.4) is 0 Å². The molecule has 5 aromatic carbocycles. The number of nitrogens with zero attached hydrogens (tertiary/aromatic N) is 8. The fourth-order valence-electron chi connectivity index (χ4n) is 8.48. The predicted molar refractivity (Wildman–Crippen MR) is 285 cm³/mol. The summed E-state index contributed by atoms with van der Waals surface area (Å²) in [5, 5.41) is 12.2. The molecule has 0 radical (unpaired) electrons. The SMILES string of the molecule is CCCOCc1ccc2c3nc4nc(nc5[n-]c(nc6nc(nc([n-]3)c2c1)-c1ccc(OCCOCCOCCOC)cc1-6)c1cc(Oc2ccc(C(=O)O)cc2)ccc51)-c1ccc(OCCOCCOCCOC)cc1-4.[Zn+2]. The van der Waals surface area contributed by atoms with E-state index in [1.165, 1.54) is 12.1 Å². The Kier molecular flexibility index (Phi) is 19.1. The predicted octanol–water partition coefficient (Wildman–Crippen LogP) is 8.66. The number of carbonyl (C=O) groups is 1. The van der Waals surface area contributed by atoms with E-state index in [9.17, 15) is 9.90 Å². The summed E-state index contributed by atoms with van der Waals surface area (Å²) in [4.78, 5) is 52.6. The number of methoxy groups -OCH3 is 2. The number of rotatable bonds is 27. The molecule has 8 aromatic rings. The van der Waals surface area contributed by atoms with Gasteiger partial charge < -0.3 is 82.4 Å². The molecule has 3 aromatic heterocycles. The second-order valence-corrected chi connectivity index (χ2v) is 17.6. The Morgan fingerprint density at radius 2 is 0.872 bits per heavy atom. The molecule has 2 aliphatic heterocycles. The maximum Gasteiger partial charge on any atom is 2.00 e. The fraction of sp³-hybridized carbons (Fsp3) is 0.316. The Balaban J connectivity index is 0.00000740. The molecule has 0 saturated carbocycles. The van der Waals surface area contributed by atoms with Crippen LogP contribution in [0.25, 0.3) is 89.7 Å². The first-order valence-corrected chi connectivity index (χ1v) is 25.3. The summed E-state index contributed by atoms with van der Waals surface area (Å²) in [6.07, 6.45) is 0.885. The van der Waals surface area contributed by atoms with Crippen LogP contribution in [-0.4, -0.2) is 141 Å². The maximum atomic E-state index is 11.6. The van der Waals surface area contributed by atoms with Gasteiger partial charge in [-0.15, -0.1) is 0 Å². The normalized spacial score (nSPS) is 11.6. The van der Waals surface area contributed by atoms with Crippen molar-refractivity contribution in [2.75, 3.05) is 100 Å². The Bertz CT molecular complexity index is 3540. The van der Waals surface area contributed by atoms with Crippen LogP contribution < -0.4 is 24.2 Å². The van der Waals surface area contributed by atoms with Gasteiger partial charge in [0.05, 0.1) is 102 Å². The van der Waals surface area contributed by atoms with Crippen LogP contribution in [0.2, 0.25) is 0 Å². The van der Waals surface area contributed by atoms with Crippen molar-refractivity contribution in [1.82, 2.24) is 39.9 Å². The first-order valence-electron chi connectivity index (χ1n) is 25.3. The van der Waals surface area contributed by atoms with Gasteiger partial charge in [-0.25, -0.2) is 14.8 Å². The van der Waals surface area contributed by atoms with Gasteiger partial charge in [0.15, 0.2) is 0 Å². The van der Waals surface area contributed by atoms with E-state index < -0.39 is 5.97 Å². The van der Waals surface area contributed by atoms with Crippen LogP contribution in [0, 0.1) is 0 Å². The molecule has 398 valence electrons. The summed E-state index contributed by atoms with van der Waals surface area (Å²) in [7, 11) is 3.26. The van der Waals surface area contributed by atoms with Gasteiger partial charge in [0.25, 0.3) is 0 Å². The molecule has 21 heteroatoms. The summed E-state index contributed by atoms with van der Waals surface area (Å²) >= 11 is 0.